The first-order valence-corrected chi connectivity index (χ1v) is 10.9. The molecule has 0 amide bonds. The predicted octanol–water partition coefficient (Wildman–Crippen LogP) is 2.45. The van der Waals surface area contributed by atoms with Gasteiger partial charge in [-0.25, -0.2) is 9.97 Å². The molecule has 1 aliphatic heterocycles. The predicted molar refractivity (Wildman–Crippen MR) is 115 cm³/mol. The smallest absolute Gasteiger partial charge is 0.228 e. The van der Waals surface area contributed by atoms with Gasteiger partial charge in [-0.3, -0.25) is 15.0 Å². The molecule has 1 fully saturated rings. The average Bonchev–Trinajstić information content (AvgIpc) is 3.53. The van der Waals surface area contributed by atoms with Gasteiger partial charge in [0.2, 0.25) is 5.95 Å². The van der Waals surface area contributed by atoms with E-state index in [2.05, 4.69) is 44.5 Å². The van der Waals surface area contributed by atoms with Crippen LogP contribution in [0.1, 0.15) is 61.8 Å². The first-order valence-electron chi connectivity index (χ1n) is 10.9. The number of Topliss-reactive ketones (excluding diaryl/α,β-unsaturated/α-hetero) is 1. The molecule has 0 spiro atoms. The molecule has 3 aromatic heterocycles. The Kier molecular flexibility index (Phi) is 5.13. The van der Waals surface area contributed by atoms with Gasteiger partial charge in [0.25, 0.3) is 0 Å². The molecule has 0 saturated carbocycles. The summed E-state index contributed by atoms with van der Waals surface area (Å²) in [6.07, 6.45) is 6.35. The Hall–Kier alpha value is -3.30. The van der Waals surface area contributed by atoms with E-state index in [1.807, 2.05) is 11.0 Å². The summed E-state index contributed by atoms with van der Waals surface area (Å²) in [6, 6.07) is 1.78. The second-order valence-corrected chi connectivity index (χ2v) is 8.57. The van der Waals surface area contributed by atoms with Crippen molar-refractivity contribution in [3.63, 3.8) is 0 Å². The van der Waals surface area contributed by atoms with E-state index in [4.69, 9.17) is 9.97 Å². The van der Waals surface area contributed by atoms with E-state index < -0.39 is 0 Å². The van der Waals surface area contributed by atoms with Crippen molar-refractivity contribution in [1.29, 1.82) is 0 Å². The van der Waals surface area contributed by atoms with Crippen molar-refractivity contribution in [2.45, 2.75) is 64.3 Å². The molecule has 31 heavy (non-hydrogen) atoms. The van der Waals surface area contributed by atoms with E-state index in [1.165, 1.54) is 6.33 Å². The topological polar surface area (TPSA) is 128 Å². The number of nitrogens with zero attached hydrogens (tertiary/aromatic N) is 6. The van der Waals surface area contributed by atoms with Gasteiger partial charge in [-0.05, 0) is 38.0 Å². The molecule has 4 heterocycles. The summed E-state index contributed by atoms with van der Waals surface area (Å²) in [4.78, 5) is 28.8. The molecule has 10 nitrogen and oxygen atoms in total. The molecule has 1 atom stereocenters. The molecule has 0 aromatic carbocycles. The highest BCUT2D eigenvalue weighted by molar-refractivity contribution is 5.88. The summed E-state index contributed by atoms with van der Waals surface area (Å²) < 4.78 is 0. The average molecular weight is 422 g/mol. The summed E-state index contributed by atoms with van der Waals surface area (Å²) in [7, 11) is 0. The molecular formula is C21H27N9O. The fraction of sp³-hybridized carbons (Fsp3) is 0.524. The number of aromatic nitrogens is 7. The number of anilines is 3. The van der Waals surface area contributed by atoms with Gasteiger partial charge in [-0.1, -0.05) is 13.8 Å². The third-order valence-electron chi connectivity index (χ3n) is 6.08. The van der Waals surface area contributed by atoms with Crippen LogP contribution in [0.3, 0.4) is 0 Å². The van der Waals surface area contributed by atoms with Crippen LogP contribution in [-0.4, -0.2) is 53.7 Å². The van der Waals surface area contributed by atoms with Gasteiger partial charge < -0.3 is 10.2 Å². The maximum atomic E-state index is 13.0. The monoisotopic (exact) mass is 421 g/mol. The van der Waals surface area contributed by atoms with Gasteiger partial charge in [0.15, 0.2) is 11.6 Å². The SMILES string of the molecule is CC(C)c1cc(Nc2nc(N3CCCC3C(=O)Cc3ncn[nH]3)nc3c2CCC3)n[nH]1. The van der Waals surface area contributed by atoms with E-state index in [1.54, 1.807) is 0 Å². The molecule has 3 aromatic rings. The number of aryl methyl sites for hydroxylation is 1. The van der Waals surface area contributed by atoms with Crippen LogP contribution in [0, 0.1) is 0 Å². The number of rotatable bonds is 7. The molecule has 2 aliphatic rings. The molecule has 0 bridgehead atoms. The molecule has 5 rings (SSSR count). The molecule has 1 saturated heterocycles. The first kappa shape index (κ1) is 19.7. The number of nitrogens with one attached hydrogen (secondary N) is 3. The Labute approximate surface area is 180 Å². The summed E-state index contributed by atoms with van der Waals surface area (Å²) in [5.41, 5.74) is 3.30. The van der Waals surface area contributed by atoms with Gasteiger partial charge in [-0.2, -0.15) is 15.2 Å². The van der Waals surface area contributed by atoms with Crippen LogP contribution in [0.5, 0.6) is 0 Å². The number of aromatic amines is 2. The summed E-state index contributed by atoms with van der Waals surface area (Å²) in [5.74, 6) is 3.25. The largest absolute Gasteiger partial charge is 0.331 e. The lowest BCUT2D eigenvalue weighted by Gasteiger charge is -2.24. The molecule has 0 radical (unpaired) electrons. The highest BCUT2D eigenvalue weighted by Crippen LogP contribution is 2.33. The molecular weight excluding hydrogens is 394 g/mol. The standard InChI is InChI=1S/C21H27N9O/c1-12(2)15-9-19(29-27-15)25-20-13-5-3-6-14(13)24-21(26-20)30-8-4-7-16(30)17(31)10-18-22-11-23-28-18/h9,11-12,16H,3-8,10H2,1-2H3,(H,22,23,28)(H2,24,25,26,27,29). The van der Waals surface area contributed by atoms with Gasteiger partial charge in [-0.15, -0.1) is 0 Å². The lowest BCUT2D eigenvalue weighted by Crippen LogP contribution is -2.38. The zero-order chi connectivity index (χ0) is 21.4. The van der Waals surface area contributed by atoms with E-state index >= 15 is 0 Å². The van der Waals surface area contributed by atoms with Crippen LogP contribution < -0.4 is 10.2 Å². The Morgan fingerprint density at radius 3 is 2.94 bits per heavy atom. The van der Waals surface area contributed by atoms with Crippen molar-refractivity contribution < 1.29 is 4.79 Å². The van der Waals surface area contributed by atoms with Crippen molar-refractivity contribution in [3.05, 3.63) is 35.2 Å². The van der Waals surface area contributed by atoms with E-state index in [9.17, 15) is 4.79 Å². The first-order chi connectivity index (χ1) is 15.1. The van der Waals surface area contributed by atoms with E-state index in [0.29, 0.717) is 17.7 Å². The molecule has 162 valence electrons. The Balaban J connectivity index is 1.42. The third-order valence-corrected chi connectivity index (χ3v) is 6.08. The number of hydrogen-bond acceptors (Lipinski definition) is 8. The fourth-order valence-corrected chi connectivity index (χ4v) is 4.41. The van der Waals surface area contributed by atoms with E-state index in [0.717, 1.165) is 67.2 Å². The number of ketones is 1. The Bertz CT molecular complexity index is 1070. The Morgan fingerprint density at radius 2 is 2.16 bits per heavy atom. The lowest BCUT2D eigenvalue weighted by molar-refractivity contribution is -0.119. The van der Waals surface area contributed by atoms with Crippen LogP contribution in [0.15, 0.2) is 12.4 Å². The fourth-order valence-electron chi connectivity index (χ4n) is 4.41. The lowest BCUT2D eigenvalue weighted by atomic mass is 10.1. The van der Waals surface area contributed by atoms with E-state index in [-0.39, 0.29) is 18.2 Å². The normalized spacial score (nSPS) is 18.0. The highest BCUT2D eigenvalue weighted by Gasteiger charge is 2.34. The minimum absolute atomic E-state index is 0.113. The number of carbonyl (C=O) groups is 1. The van der Waals surface area contributed by atoms with Gasteiger partial charge in [0.05, 0.1) is 18.2 Å². The van der Waals surface area contributed by atoms with Crippen LogP contribution in [0.4, 0.5) is 17.6 Å². The maximum absolute atomic E-state index is 13.0. The number of carbonyl (C=O) groups excluding carboxylic acids is 1. The minimum Gasteiger partial charge on any atom is -0.331 e. The number of fused-ring (bicyclic) bond motifs is 1. The van der Waals surface area contributed by atoms with Crippen molar-refractivity contribution in [1.82, 2.24) is 35.3 Å². The zero-order valence-corrected chi connectivity index (χ0v) is 17.9. The molecule has 3 N–H and O–H groups in total. The van der Waals surface area contributed by atoms with Crippen molar-refractivity contribution in [2.24, 2.45) is 0 Å². The molecule has 1 aliphatic carbocycles. The minimum atomic E-state index is -0.240. The highest BCUT2D eigenvalue weighted by atomic mass is 16.1. The molecule has 10 heteroatoms. The van der Waals surface area contributed by atoms with Crippen molar-refractivity contribution >= 4 is 23.4 Å². The van der Waals surface area contributed by atoms with Crippen LogP contribution in [0.2, 0.25) is 0 Å². The second kappa shape index (κ2) is 8.09. The summed E-state index contributed by atoms with van der Waals surface area (Å²) in [6.45, 7) is 5.02. The van der Waals surface area contributed by atoms with Crippen molar-refractivity contribution in [3.8, 4) is 0 Å². The summed E-state index contributed by atoms with van der Waals surface area (Å²) in [5, 5.41) is 17.5. The maximum Gasteiger partial charge on any atom is 0.228 e. The second-order valence-electron chi connectivity index (χ2n) is 8.57. The summed E-state index contributed by atoms with van der Waals surface area (Å²) >= 11 is 0. The number of H-pyrrole nitrogens is 2. The van der Waals surface area contributed by atoms with Crippen molar-refractivity contribution in [2.75, 3.05) is 16.8 Å². The van der Waals surface area contributed by atoms with Crippen LogP contribution >= 0.6 is 0 Å². The quantitative estimate of drug-likeness (QED) is 0.531. The van der Waals surface area contributed by atoms with Crippen LogP contribution in [-0.2, 0) is 24.1 Å². The van der Waals surface area contributed by atoms with Gasteiger partial charge in [0.1, 0.15) is 18.0 Å². The van der Waals surface area contributed by atoms with Gasteiger partial charge >= 0.3 is 0 Å². The van der Waals surface area contributed by atoms with Gasteiger partial charge in [0, 0.05) is 23.9 Å². The molecule has 1 unspecified atom stereocenters. The number of hydrogen-bond donors (Lipinski definition) is 3. The Morgan fingerprint density at radius 1 is 1.26 bits per heavy atom. The zero-order valence-electron chi connectivity index (χ0n) is 17.9. The van der Waals surface area contributed by atoms with Crippen LogP contribution in [0.25, 0.3) is 0 Å². The third kappa shape index (κ3) is 3.89.